The standard InChI is InChI=1S/C17H23N5O5S2/c1-11-15(12(2)27-20-11)29(25,26)22-6-3-5-21(7-8-22)10-14(23)19-17-13(16(18)24)4-9-28-17/h4,9H,3,5-8,10H2,1-2H3,(H2,18,24)(H,19,23). The van der Waals surface area contributed by atoms with Crippen molar-refractivity contribution in [2.24, 2.45) is 5.73 Å². The largest absolute Gasteiger partial charge is 0.366 e. The van der Waals surface area contributed by atoms with Crippen LogP contribution in [0.4, 0.5) is 5.00 Å². The molecule has 2 amide bonds. The maximum atomic E-state index is 13.0. The minimum atomic E-state index is -3.71. The average molecular weight is 442 g/mol. The van der Waals surface area contributed by atoms with E-state index in [1.54, 1.807) is 25.3 Å². The van der Waals surface area contributed by atoms with Crippen LogP contribution in [-0.2, 0) is 14.8 Å². The predicted molar refractivity (Wildman–Crippen MR) is 107 cm³/mol. The SMILES string of the molecule is Cc1noc(C)c1S(=O)(=O)N1CCCN(CC(=O)Nc2sccc2C(N)=O)CC1. The van der Waals surface area contributed by atoms with Gasteiger partial charge in [0.15, 0.2) is 5.76 Å². The number of nitrogens with two attached hydrogens (primary N) is 1. The molecule has 1 saturated heterocycles. The highest BCUT2D eigenvalue weighted by Crippen LogP contribution is 2.25. The summed E-state index contributed by atoms with van der Waals surface area (Å²) in [6.07, 6.45) is 0.585. The third-order valence-electron chi connectivity index (χ3n) is 4.66. The molecule has 1 aliphatic rings. The number of nitrogens with zero attached hydrogens (tertiary/aromatic N) is 3. The molecule has 1 fully saturated rings. The van der Waals surface area contributed by atoms with E-state index in [1.165, 1.54) is 15.6 Å². The Labute approximate surface area is 172 Å². The van der Waals surface area contributed by atoms with Gasteiger partial charge in [-0.25, -0.2) is 8.42 Å². The minimum Gasteiger partial charge on any atom is -0.366 e. The molecular weight excluding hydrogens is 418 g/mol. The molecule has 2 aromatic rings. The molecule has 158 valence electrons. The first-order chi connectivity index (χ1) is 13.7. The number of carbonyl (C=O) groups is 2. The Kier molecular flexibility index (Phi) is 6.36. The van der Waals surface area contributed by atoms with Crippen LogP contribution in [0, 0.1) is 13.8 Å². The number of aromatic nitrogens is 1. The summed E-state index contributed by atoms with van der Waals surface area (Å²) in [6, 6.07) is 1.56. The van der Waals surface area contributed by atoms with E-state index in [0.29, 0.717) is 36.8 Å². The van der Waals surface area contributed by atoms with Gasteiger partial charge in [-0.05, 0) is 38.3 Å². The second kappa shape index (κ2) is 8.61. The summed E-state index contributed by atoms with van der Waals surface area (Å²) in [4.78, 5) is 25.7. The molecule has 0 bridgehead atoms. The van der Waals surface area contributed by atoms with Crippen molar-refractivity contribution in [1.82, 2.24) is 14.4 Å². The fourth-order valence-corrected chi connectivity index (χ4v) is 5.86. The van der Waals surface area contributed by atoms with Gasteiger partial charge in [-0.1, -0.05) is 5.16 Å². The third-order valence-corrected chi connectivity index (χ3v) is 7.64. The van der Waals surface area contributed by atoms with Gasteiger partial charge < -0.3 is 15.6 Å². The molecule has 3 N–H and O–H groups in total. The summed E-state index contributed by atoms with van der Waals surface area (Å²) < 4.78 is 32.3. The Hall–Kier alpha value is -2.28. The molecular formula is C17H23N5O5S2. The van der Waals surface area contributed by atoms with E-state index in [-0.39, 0.29) is 35.2 Å². The summed E-state index contributed by atoms with van der Waals surface area (Å²) in [6.45, 7) is 4.86. The number of aryl methyl sites for hydroxylation is 2. The van der Waals surface area contributed by atoms with Gasteiger partial charge in [-0.2, -0.15) is 4.31 Å². The molecule has 10 nitrogen and oxygen atoms in total. The topological polar surface area (TPSA) is 139 Å². The Bertz CT molecular complexity index is 994. The molecule has 3 rings (SSSR count). The Morgan fingerprint density at radius 3 is 2.69 bits per heavy atom. The molecule has 1 aliphatic heterocycles. The zero-order valence-electron chi connectivity index (χ0n) is 16.2. The second-order valence-electron chi connectivity index (χ2n) is 6.76. The van der Waals surface area contributed by atoms with Crippen LogP contribution in [0.5, 0.6) is 0 Å². The van der Waals surface area contributed by atoms with Crippen molar-refractivity contribution in [3.63, 3.8) is 0 Å². The van der Waals surface area contributed by atoms with Crippen LogP contribution in [-0.4, -0.2) is 67.3 Å². The van der Waals surface area contributed by atoms with Gasteiger partial charge in [-0.3, -0.25) is 14.5 Å². The molecule has 0 aromatic carbocycles. The van der Waals surface area contributed by atoms with Crippen LogP contribution in [0.25, 0.3) is 0 Å². The quantitative estimate of drug-likeness (QED) is 0.675. The van der Waals surface area contributed by atoms with E-state index in [2.05, 4.69) is 10.5 Å². The number of nitrogens with one attached hydrogen (secondary N) is 1. The fourth-order valence-electron chi connectivity index (χ4n) is 3.29. The summed E-state index contributed by atoms with van der Waals surface area (Å²) in [5.74, 6) is -0.613. The summed E-state index contributed by atoms with van der Waals surface area (Å²) in [5, 5.41) is 8.53. The van der Waals surface area contributed by atoms with Crippen LogP contribution < -0.4 is 11.1 Å². The smallest absolute Gasteiger partial charge is 0.251 e. The highest BCUT2D eigenvalue weighted by atomic mass is 32.2. The van der Waals surface area contributed by atoms with Crippen molar-refractivity contribution in [2.45, 2.75) is 25.2 Å². The molecule has 0 aliphatic carbocycles. The predicted octanol–water partition coefficient (Wildman–Crippen LogP) is 0.787. The van der Waals surface area contributed by atoms with E-state index < -0.39 is 15.9 Å². The van der Waals surface area contributed by atoms with Crippen molar-refractivity contribution < 1.29 is 22.5 Å². The third kappa shape index (κ3) is 4.66. The number of sulfonamides is 1. The van der Waals surface area contributed by atoms with Crippen LogP contribution in [0.3, 0.4) is 0 Å². The number of primary amides is 1. The van der Waals surface area contributed by atoms with Crippen LogP contribution in [0.2, 0.25) is 0 Å². The molecule has 0 saturated carbocycles. The lowest BCUT2D eigenvalue weighted by Gasteiger charge is -2.21. The number of thiophene rings is 1. The summed E-state index contributed by atoms with van der Waals surface area (Å²) in [5.41, 5.74) is 5.90. The molecule has 0 unspecified atom stereocenters. The molecule has 12 heteroatoms. The van der Waals surface area contributed by atoms with E-state index >= 15 is 0 Å². The number of hydrogen-bond acceptors (Lipinski definition) is 8. The van der Waals surface area contributed by atoms with Gasteiger partial charge in [0.1, 0.15) is 15.6 Å². The monoisotopic (exact) mass is 441 g/mol. The maximum Gasteiger partial charge on any atom is 0.251 e. The van der Waals surface area contributed by atoms with Crippen LogP contribution in [0.15, 0.2) is 20.9 Å². The number of rotatable bonds is 6. The average Bonchev–Trinajstić information content (AvgIpc) is 3.15. The van der Waals surface area contributed by atoms with Crippen LogP contribution >= 0.6 is 11.3 Å². The number of hydrogen-bond donors (Lipinski definition) is 2. The summed E-state index contributed by atoms with van der Waals surface area (Å²) in [7, 11) is -3.71. The van der Waals surface area contributed by atoms with Gasteiger partial charge in [0.25, 0.3) is 5.91 Å². The lowest BCUT2D eigenvalue weighted by atomic mass is 10.3. The van der Waals surface area contributed by atoms with Crippen molar-refractivity contribution in [2.75, 3.05) is 38.0 Å². The van der Waals surface area contributed by atoms with E-state index in [9.17, 15) is 18.0 Å². The lowest BCUT2D eigenvalue weighted by Crippen LogP contribution is -2.38. The van der Waals surface area contributed by atoms with Crippen molar-refractivity contribution >= 4 is 38.2 Å². The molecule has 2 aromatic heterocycles. The van der Waals surface area contributed by atoms with Gasteiger partial charge in [-0.15, -0.1) is 11.3 Å². The van der Waals surface area contributed by atoms with E-state index in [0.717, 1.165) is 0 Å². The maximum absolute atomic E-state index is 13.0. The number of anilines is 1. The molecule has 0 atom stereocenters. The number of carbonyl (C=O) groups excluding carboxylic acids is 2. The zero-order valence-corrected chi connectivity index (χ0v) is 17.8. The Morgan fingerprint density at radius 1 is 1.28 bits per heavy atom. The normalized spacial score (nSPS) is 16.5. The Morgan fingerprint density at radius 2 is 2.03 bits per heavy atom. The van der Waals surface area contributed by atoms with Crippen molar-refractivity contribution in [3.8, 4) is 0 Å². The fraction of sp³-hybridized carbons (Fsp3) is 0.471. The first kappa shape index (κ1) is 21.4. The first-order valence-electron chi connectivity index (χ1n) is 9.02. The van der Waals surface area contributed by atoms with Gasteiger partial charge in [0.05, 0.1) is 12.1 Å². The van der Waals surface area contributed by atoms with Crippen molar-refractivity contribution in [1.29, 1.82) is 0 Å². The van der Waals surface area contributed by atoms with Gasteiger partial charge in [0.2, 0.25) is 15.9 Å². The molecule has 29 heavy (non-hydrogen) atoms. The second-order valence-corrected chi connectivity index (χ2v) is 9.55. The Balaban J connectivity index is 1.62. The molecule has 0 radical (unpaired) electrons. The highest BCUT2D eigenvalue weighted by Gasteiger charge is 2.32. The molecule has 0 spiro atoms. The number of amides is 2. The zero-order chi connectivity index (χ0) is 21.2. The summed E-state index contributed by atoms with van der Waals surface area (Å²) >= 11 is 1.22. The highest BCUT2D eigenvalue weighted by molar-refractivity contribution is 7.89. The van der Waals surface area contributed by atoms with Gasteiger partial charge in [0, 0.05) is 19.6 Å². The first-order valence-corrected chi connectivity index (χ1v) is 11.3. The van der Waals surface area contributed by atoms with E-state index in [1.807, 2.05) is 4.90 Å². The van der Waals surface area contributed by atoms with Gasteiger partial charge >= 0.3 is 0 Å². The lowest BCUT2D eigenvalue weighted by molar-refractivity contribution is -0.117. The molecule has 3 heterocycles. The van der Waals surface area contributed by atoms with E-state index in [4.69, 9.17) is 10.3 Å². The van der Waals surface area contributed by atoms with Crippen LogP contribution in [0.1, 0.15) is 28.2 Å². The van der Waals surface area contributed by atoms with Crippen molar-refractivity contribution in [3.05, 3.63) is 28.5 Å². The minimum absolute atomic E-state index is 0.0926.